The van der Waals surface area contributed by atoms with Crippen molar-refractivity contribution in [2.75, 3.05) is 5.73 Å². The summed E-state index contributed by atoms with van der Waals surface area (Å²) in [6, 6.07) is 4.39. The smallest absolute Gasteiger partial charge is 0.132 e. The molecule has 2 N–H and O–H groups in total. The van der Waals surface area contributed by atoms with Gasteiger partial charge in [0.2, 0.25) is 0 Å². The molecule has 1 heterocycles. The standard InChI is InChI=1S/C18H25N3/c1-7-8-21-17(19)16(20-18(21)11(2)3)15-10-13(5)12(4)9-14(15)6/h7,9-11H,1,8,19H2,2-6H3. The molecule has 0 fully saturated rings. The topological polar surface area (TPSA) is 43.8 Å². The number of nitrogens with two attached hydrogens (primary N) is 1. The second-order valence-corrected chi connectivity index (χ2v) is 6.01. The molecule has 2 rings (SSSR count). The summed E-state index contributed by atoms with van der Waals surface area (Å²) in [4.78, 5) is 4.82. The number of aryl methyl sites for hydroxylation is 3. The van der Waals surface area contributed by atoms with Crippen molar-refractivity contribution in [3.8, 4) is 11.3 Å². The number of allylic oxidation sites excluding steroid dienone is 1. The fourth-order valence-corrected chi connectivity index (χ4v) is 2.66. The van der Waals surface area contributed by atoms with Gasteiger partial charge in [0, 0.05) is 18.0 Å². The fourth-order valence-electron chi connectivity index (χ4n) is 2.66. The van der Waals surface area contributed by atoms with E-state index in [1.54, 1.807) is 0 Å². The molecule has 0 atom stereocenters. The minimum Gasteiger partial charge on any atom is -0.383 e. The second kappa shape index (κ2) is 5.76. The first-order chi connectivity index (χ1) is 9.86. The molecule has 0 aliphatic rings. The first kappa shape index (κ1) is 15.4. The van der Waals surface area contributed by atoms with Gasteiger partial charge in [-0.1, -0.05) is 26.0 Å². The SMILES string of the molecule is C=CCn1c(C(C)C)nc(-c2cc(C)c(C)cc2C)c1N. The van der Waals surface area contributed by atoms with Crippen LogP contribution in [0.4, 0.5) is 5.82 Å². The van der Waals surface area contributed by atoms with Crippen molar-refractivity contribution in [2.45, 2.75) is 47.1 Å². The van der Waals surface area contributed by atoms with E-state index in [-0.39, 0.29) is 0 Å². The van der Waals surface area contributed by atoms with Gasteiger partial charge in [-0.3, -0.25) is 0 Å². The highest BCUT2D eigenvalue weighted by atomic mass is 15.1. The van der Waals surface area contributed by atoms with Crippen LogP contribution in [0.3, 0.4) is 0 Å². The molecule has 0 bridgehead atoms. The van der Waals surface area contributed by atoms with Crippen LogP contribution in [0.25, 0.3) is 11.3 Å². The summed E-state index contributed by atoms with van der Waals surface area (Å²) in [7, 11) is 0. The van der Waals surface area contributed by atoms with Crippen molar-refractivity contribution in [3.63, 3.8) is 0 Å². The van der Waals surface area contributed by atoms with Crippen molar-refractivity contribution < 1.29 is 0 Å². The number of hydrogen-bond donors (Lipinski definition) is 1. The normalized spacial score (nSPS) is 11.1. The zero-order valence-electron chi connectivity index (χ0n) is 13.7. The average molecular weight is 283 g/mol. The zero-order chi connectivity index (χ0) is 15.7. The molecule has 0 saturated carbocycles. The number of anilines is 1. The quantitative estimate of drug-likeness (QED) is 0.847. The van der Waals surface area contributed by atoms with Gasteiger partial charge in [-0.2, -0.15) is 0 Å². The Balaban J connectivity index is 2.67. The highest BCUT2D eigenvalue weighted by Crippen LogP contribution is 2.32. The third-order valence-electron chi connectivity index (χ3n) is 3.96. The van der Waals surface area contributed by atoms with E-state index >= 15 is 0 Å². The number of imidazole rings is 1. The van der Waals surface area contributed by atoms with Crippen molar-refractivity contribution in [2.24, 2.45) is 0 Å². The van der Waals surface area contributed by atoms with Crippen LogP contribution in [-0.4, -0.2) is 9.55 Å². The summed E-state index contributed by atoms with van der Waals surface area (Å²) in [6.45, 7) is 15.2. The lowest BCUT2D eigenvalue weighted by Gasteiger charge is -2.10. The lowest BCUT2D eigenvalue weighted by atomic mass is 9.99. The molecule has 3 heteroatoms. The molecule has 3 nitrogen and oxygen atoms in total. The molecule has 0 radical (unpaired) electrons. The second-order valence-electron chi connectivity index (χ2n) is 6.01. The third kappa shape index (κ3) is 2.73. The predicted molar refractivity (Wildman–Crippen MR) is 90.6 cm³/mol. The van der Waals surface area contributed by atoms with Gasteiger partial charge in [-0.25, -0.2) is 4.98 Å². The Morgan fingerprint density at radius 3 is 2.38 bits per heavy atom. The van der Waals surface area contributed by atoms with E-state index in [1.807, 2.05) is 6.08 Å². The summed E-state index contributed by atoms with van der Waals surface area (Å²) in [5, 5.41) is 0. The summed E-state index contributed by atoms with van der Waals surface area (Å²) >= 11 is 0. The van der Waals surface area contributed by atoms with Crippen molar-refractivity contribution >= 4 is 5.82 Å². The molecule has 112 valence electrons. The Bertz CT molecular complexity index is 678. The summed E-state index contributed by atoms with van der Waals surface area (Å²) in [5.74, 6) is 2.07. The summed E-state index contributed by atoms with van der Waals surface area (Å²) in [5.41, 5.74) is 12.2. The average Bonchev–Trinajstić information content (AvgIpc) is 2.73. The number of benzene rings is 1. The van der Waals surface area contributed by atoms with Gasteiger partial charge >= 0.3 is 0 Å². The lowest BCUT2D eigenvalue weighted by molar-refractivity contribution is 0.684. The maximum absolute atomic E-state index is 6.37. The highest BCUT2D eigenvalue weighted by molar-refractivity contribution is 5.75. The Morgan fingerprint density at radius 2 is 1.81 bits per heavy atom. The molecular formula is C18H25N3. The Kier molecular flexibility index (Phi) is 4.21. The van der Waals surface area contributed by atoms with E-state index in [1.165, 1.54) is 16.7 Å². The van der Waals surface area contributed by atoms with E-state index in [0.717, 1.165) is 22.9 Å². The molecule has 2 aromatic rings. The Labute approximate surface area is 127 Å². The maximum atomic E-state index is 6.37. The van der Waals surface area contributed by atoms with Crippen LogP contribution in [0.1, 0.15) is 42.3 Å². The van der Waals surface area contributed by atoms with Gasteiger partial charge in [-0.15, -0.1) is 6.58 Å². The van der Waals surface area contributed by atoms with Crippen LogP contribution in [0, 0.1) is 20.8 Å². The Morgan fingerprint density at radius 1 is 1.19 bits per heavy atom. The van der Waals surface area contributed by atoms with Crippen LogP contribution in [-0.2, 0) is 6.54 Å². The first-order valence-electron chi connectivity index (χ1n) is 7.41. The molecule has 1 aromatic heterocycles. The number of nitrogen functional groups attached to an aromatic ring is 1. The molecule has 0 spiro atoms. The minimum absolute atomic E-state index is 0.327. The third-order valence-corrected chi connectivity index (χ3v) is 3.96. The number of aromatic nitrogens is 2. The minimum atomic E-state index is 0.327. The Hall–Kier alpha value is -2.03. The van der Waals surface area contributed by atoms with Gasteiger partial charge in [-0.05, 0) is 43.5 Å². The van der Waals surface area contributed by atoms with Crippen LogP contribution in [0.5, 0.6) is 0 Å². The molecule has 1 aromatic carbocycles. The summed E-state index contributed by atoms with van der Waals surface area (Å²) in [6.07, 6.45) is 1.86. The molecule has 21 heavy (non-hydrogen) atoms. The molecule has 0 saturated heterocycles. The fraction of sp³-hybridized carbons (Fsp3) is 0.389. The summed E-state index contributed by atoms with van der Waals surface area (Å²) < 4.78 is 2.06. The highest BCUT2D eigenvalue weighted by Gasteiger charge is 2.19. The molecule has 0 amide bonds. The van der Waals surface area contributed by atoms with Crippen LogP contribution in [0.2, 0.25) is 0 Å². The van der Waals surface area contributed by atoms with Crippen molar-refractivity contribution in [3.05, 3.63) is 47.3 Å². The predicted octanol–water partition coefficient (Wildman–Crippen LogP) is 4.37. The number of nitrogens with zero attached hydrogens (tertiary/aromatic N) is 2. The van der Waals surface area contributed by atoms with Gasteiger partial charge < -0.3 is 10.3 Å². The van der Waals surface area contributed by atoms with Gasteiger partial charge in [0.05, 0.1) is 0 Å². The maximum Gasteiger partial charge on any atom is 0.132 e. The van der Waals surface area contributed by atoms with Gasteiger partial charge in [0.15, 0.2) is 0 Å². The molecule has 0 aliphatic carbocycles. The van der Waals surface area contributed by atoms with Crippen LogP contribution >= 0.6 is 0 Å². The molecular weight excluding hydrogens is 258 g/mol. The molecule has 0 aliphatic heterocycles. The number of hydrogen-bond acceptors (Lipinski definition) is 2. The zero-order valence-corrected chi connectivity index (χ0v) is 13.7. The van der Waals surface area contributed by atoms with Crippen molar-refractivity contribution in [1.82, 2.24) is 9.55 Å². The van der Waals surface area contributed by atoms with E-state index < -0.39 is 0 Å². The van der Waals surface area contributed by atoms with Gasteiger partial charge in [0.1, 0.15) is 17.3 Å². The van der Waals surface area contributed by atoms with Gasteiger partial charge in [0.25, 0.3) is 0 Å². The lowest BCUT2D eigenvalue weighted by Crippen LogP contribution is -2.07. The number of rotatable bonds is 4. The van der Waals surface area contributed by atoms with Crippen LogP contribution < -0.4 is 5.73 Å². The van der Waals surface area contributed by atoms with E-state index in [0.29, 0.717) is 12.5 Å². The van der Waals surface area contributed by atoms with Crippen molar-refractivity contribution in [1.29, 1.82) is 0 Å². The largest absolute Gasteiger partial charge is 0.383 e. The monoisotopic (exact) mass is 283 g/mol. The first-order valence-corrected chi connectivity index (χ1v) is 7.41. The van der Waals surface area contributed by atoms with E-state index in [2.05, 4.69) is 57.9 Å². The van der Waals surface area contributed by atoms with Crippen LogP contribution in [0.15, 0.2) is 24.8 Å². The van der Waals surface area contributed by atoms with E-state index in [4.69, 9.17) is 10.7 Å². The van der Waals surface area contributed by atoms with E-state index in [9.17, 15) is 0 Å². The molecule has 0 unspecified atom stereocenters.